The lowest BCUT2D eigenvalue weighted by molar-refractivity contribution is 0.0762. The maximum atomic E-state index is 13.0. The van der Waals surface area contributed by atoms with E-state index in [-0.39, 0.29) is 16.9 Å². The van der Waals surface area contributed by atoms with E-state index in [4.69, 9.17) is 17.0 Å². The highest BCUT2D eigenvalue weighted by molar-refractivity contribution is 7.80. The van der Waals surface area contributed by atoms with Crippen LogP contribution in [0.25, 0.3) is 0 Å². The van der Waals surface area contributed by atoms with Crippen LogP contribution in [0.1, 0.15) is 53.3 Å². The lowest BCUT2D eigenvalue weighted by Gasteiger charge is -2.22. The Morgan fingerprint density at radius 2 is 1.77 bits per heavy atom. The number of carbonyl (C=O) groups is 2. The molecule has 1 saturated heterocycles. The van der Waals surface area contributed by atoms with E-state index >= 15 is 0 Å². The number of ether oxygens (including phenoxy) is 1. The molecule has 158 valence electrons. The van der Waals surface area contributed by atoms with Gasteiger partial charge in [0, 0.05) is 18.7 Å². The van der Waals surface area contributed by atoms with Gasteiger partial charge in [0.15, 0.2) is 5.11 Å². The van der Waals surface area contributed by atoms with Crippen molar-refractivity contribution >= 4 is 34.8 Å². The van der Waals surface area contributed by atoms with Crippen molar-refractivity contribution in [2.24, 2.45) is 0 Å². The Labute approximate surface area is 182 Å². The number of nitrogens with zero attached hydrogens (tertiary/aromatic N) is 1. The first-order valence-electron chi connectivity index (χ1n) is 10.3. The zero-order valence-corrected chi connectivity index (χ0v) is 18.0. The van der Waals surface area contributed by atoms with Crippen molar-refractivity contribution in [3.8, 4) is 5.75 Å². The summed E-state index contributed by atoms with van der Waals surface area (Å²) in [6.07, 6.45) is 4.36. The number of hydrogen-bond acceptors (Lipinski definition) is 4. The Balaban J connectivity index is 1.67. The SMILES string of the molecule is CCOc1cccc(C(=O)NC(=S)Nc2ccccc2C(=O)N2CCCCCC2)c1. The number of benzene rings is 2. The van der Waals surface area contributed by atoms with Crippen LogP contribution in [0.3, 0.4) is 0 Å². The van der Waals surface area contributed by atoms with Crippen molar-refractivity contribution in [1.29, 1.82) is 0 Å². The van der Waals surface area contributed by atoms with Crippen LogP contribution in [-0.2, 0) is 0 Å². The third-order valence-electron chi connectivity index (χ3n) is 4.93. The molecule has 1 heterocycles. The Kier molecular flexibility index (Phi) is 7.79. The first-order valence-corrected chi connectivity index (χ1v) is 10.7. The zero-order valence-electron chi connectivity index (χ0n) is 17.1. The van der Waals surface area contributed by atoms with E-state index in [1.165, 1.54) is 0 Å². The van der Waals surface area contributed by atoms with E-state index in [1.807, 2.05) is 24.0 Å². The minimum absolute atomic E-state index is 0.0152. The summed E-state index contributed by atoms with van der Waals surface area (Å²) in [5.41, 5.74) is 1.58. The van der Waals surface area contributed by atoms with Crippen LogP contribution in [0, 0.1) is 0 Å². The third kappa shape index (κ3) is 5.79. The van der Waals surface area contributed by atoms with E-state index in [0.717, 1.165) is 38.8 Å². The van der Waals surface area contributed by atoms with Crippen molar-refractivity contribution in [3.63, 3.8) is 0 Å². The Morgan fingerprint density at radius 1 is 1.03 bits per heavy atom. The van der Waals surface area contributed by atoms with E-state index in [1.54, 1.807) is 36.4 Å². The number of carbonyl (C=O) groups excluding carboxylic acids is 2. The quantitative estimate of drug-likeness (QED) is 0.702. The first kappa shape index (κ1) is 21.8. The number of hydrogen-bond donors (Lipinski definition) is 2. The fourth-order valence-electron chi connectivity index (χ4n) is 3.45. The Hall–Kier alpha value is -2.93. The molecule has 0 spiro atoms. The van der Waals surface area contributed by atoms with Gasteiger partial charge in [-0.2, -0.15) is 0 Å². The van der Waals surface area contributed by atoms with E-state index < -0.39 is 0 Å². The molecule has 1 fully saturated rings. The standard InChI is InChI=1S/C23H27N3O3S/c1-2-29-18-11-9-10-17(16-18)21(27)25-23(30)24-20-13-6-5-12-19(20)22(28)26-14-7-3-4-8-15-26/h5-6,9-13,16H,2-4,7-8,14-15H2,1H3,(H2,24,25,27,30). The Morgan fingerprint density at radius 3 is 2.50 bits per heavy atom. The van der Waals surface area contributed by atoms with Gasteiger partial charge in [0.1, 0.15) is 5.75 Å². The maximum Gasteiger partial charge on any atom is 0.257 e. The van der Waals surface area contributed by atoms with E-state index in [0.29, 0.717) is 29.2 Å². The molecule has 1 aliphatic heterocycles. The summed E-state index contributed by atoms with van der Waals surface area (Å²) in [6.45, 7) is 3.94. The van der Waals surface area contributed by atoms with Gasteiger partial charge in [0.2, 0.25) is 0 Å². The monoisotopic (exact) mass is 425 g/mol. The molecule has 2 aromatic rings. The average Bonchev–Trinajstić information content (AvgIpc) is 3.03. The summed E-state index contributed by atoms with van der Waals surface area (Å²) in [7, 11) is 0. The molecule has 1 aliphatic rings. The van der Waals surface area contributed by atoms with Gasteiger partial charge in [0.25, 0.3) is 11.8 Å². The molecule has 0 saturated carbocycles. The zero-order chi connectivity index (χ0) is 21.3. The maximum absolute atomic E-state index is 13.0. The third-order valence-corrected chi connectivity index (χ3v) is 5.14. The fourth-order valence-corrected chi connectivity index (χ4v) is 3.65. The number of nitrogens with one attached hydrogen (secondary N) is 2. The van der Waals surface area contributed by atoms with Gasteiger partial charge in [-0.3, -0.25) is 14.9 Å². The van der Waals surface area contributed by atoms with Crippen molar-refractivity contribution in [3.05, 3.63) is 59.7 Å². The summed E-state index contributed by atoms with van der Waals surface area (Å²) >= 11 is 5.32. The van der Waals surface area contributed by atoms with Gasteiger partial charge in [0.05, 0.1) is 17.9 Å². The Bertz CT molecular complexity index is 908. The molecule has 2 amide bonds. The first-order chi connectivity index (χ1) is 14.6. The topological polar surface area (TPSA) is 70.7 Å². The lowest BCUT2D eigenvalue weighted by atomic mass is 10.1. The molecule has 6 nitrogen and oxygen atoms in total. The van der Waals surface area contributed by atoms with Crippen molar-refractivity contribution in [2.75, 3.05) is 25.0 Å². The number of anilines is 1. The fraction of sp³-hybridized carbons (Fsp3) is 0.348. The largest absolute Gasteiger partial charge is 0.494 e. The lowest BCUT2D eigenvalue weighted by Crippen LogP contribution is -2.36. The summed E-state index contributed by atoms with van der Waals surface area (Å²) in [4.78, 5) is 27.5. The molecule has 7 heteroatoms. The van der Waals surface area contributed by atoms with Gasteiger partial charge in [-0.15, -0.1) is 0 Å². The minimum atomic E-state index is -0.342. The highest BCUT2D eigenvalue weighted by Crippen LogP contribution is 2.20. The predicted molar refractivity (Wildman–Crippen MR) is 122 cm³/mol. The summed E-state index contributed by atoms with van der Waals surface area (Å²) in [6, 6.07) is 14.1. The van der Waals surface area contributed by atoms with Crippen LogP contribution in [0.15, 0.2) is 48.5 Å². The van der Waals surface area contributed by atoms with Gasteiger partial charge in [-0.1, -0.05) is 31.0 Å². The molecular formula is C23H27N3O3S. The predicted octanol–water partition coefficient (Wildman–Crippen LogP) is 4.23. The van der Waals surface area contributed by atoms with Crippen molar-refractivity contribution in [1.82, 2.24) is 10.2 Å². The molecule has 0 radical (unpaired) electrons. The molecule has 0 atom stereocenters. The molecule has 3 rings (SSSR count). The van der Waals surface area contributed by atoms with Crippen LogP contribution >= 0.6 is 12.2 Å². The minimum Gasteiger partial charge on any atom is -0.494 e. The second-order valence-electron chi connectivity index (χ2n) is 7.12. The highest BCUT2D eigenvalue weighted by Gasteiger charge is 2.20. The number of likely N-dealkylation sites (tertiary alicyclic amines) is 1. The summed E-state index contributed by atoms with van der Waals surface area (Å²) in [5, 5.41) is 5.81. The number of amides is 2. The molecule has 0 bridgehead atoms. The van der Waals surface area contributed by atoms with Crippen LogP contribution in [0.5, 0.6) is 5.75 Å². The van der Waals surface area contributed by atoms with E-state index in [2.05, 4.69) is 10.6 Å². The van der Waals surface area contributed by atoms with Crippen LogP contribution < -0.4 is 15.4 Å². The summed E-state index contributed by atoms with van der Waals surface area (Å²) in [5.74, 6) is 0.265. The smallest absolute Gasteiger partial charge is 0.257 e. The molecular weight excluding hydrogens is 398 g/mol. The second kappa shape index (κ2) is 10.7. The van der Waals surface area contributed by atoms with Crippen LogP contribution in [0.4, 0.5) is 5.69 Å². The molecule has 0 unspecified atom stereocenters. The second-order valence-corrected chi connectivity index (χ2v) is 7.53. The molecule has 0 aromatic heterocycles. The number of rotatable bonds is 5. The average molecular weight is 426 g/mol. The van der Waals surface area contributed by atoms with Gasteiger partial charge in [-0.25, -0.2) is 0 Å². The van der Waals surface area contributed by atoms with Gasteiger partial charge < -0.3 is 15.0 Å². The molecule has 2 aromatic carbocycles. The van der Waals surface area contributed by atoms with Crippen LogP contribution in [0.2, 0.25) is 0 Å². The molecule has 30 heavy (non-hydrogen) atoms. The number of para-hydroxylation sites is 1. The van der Waals surface area contributed by atoms with Gasteiger partial charge >= 0.3 is 0 Å². The summed E-state index contributed by atoms with van der Waals surface area (Å²) < 4.78 is 5.44. The normalized spacial score (nSPS) is 13.8. The van der Waals surface area contributed by atoms with Gasteiger partial charge in [-0.05, 0) is 62.3 Å². The molecule has 2 N–H and O–H groups in total. The molecule has 0 aliphatic carbocycles. The van der Waals surface area contributed by atoms with Crippen molar-refractivity contribution < 1.29 is 14.3 Å². The van der Waals surface area contributed by atoms with E-state index in [9.17, 15) is 9.59 Å². The highest BCUT2D eigenvalue weighted by atomic mass is 32.1. The number of thiocarbonyl (C=S) groups is 1. The van der Waals surface area contributed by atoms with Crippen LogP contribution in [-0.4, -0.2) is 41.5 Å². The van der Waals surface area contributed by atoms with Crippen molar-refractivity contribution in [2.45, 2.75) is 32.6 Å².